The van der Waals surface area contributed by atoms with Gasteiger partial charge in [0.1, 0.15) is 11.3 Å². The summed E-state index contributed by atoms with van der Waals surface area (Å²) in [6.45, 7) is 16.5. The Bertz CT molecular complexity index is 1530. The van der Waals surface area contributed by atoms with Crippen LogP contribution in [0.3, 0.4) is 0 Å². The Balaban J connectivity index is 0.000000219. The van der Waals surface area contributed by atoms with Gasteiger partial charge in [0.2, 0.25) is 12.3 Å². The van der Waals surface area contributed by atoms with Crippen molar-refractivity contribution in [1.29, 1.82) is 0 Å². The van der Waals surface area contributed by atoms with E-state index in [2.05, 4.69) is 95.4 Å². The fraction of sp³-hybridized carbons (Fsp3) is 0.429. The van der Waals surface area contributed by atoms with Crippen LogP contribution in [0.1, 0.15) is 70.3 Å². The van der Waals surface area contributed by atoms with Gasteiger partial charge in [-0.2, -0.15) is 0 Å². The zero-order valence-corrected chi connectivity index (χ0v) is 30.6. The smallest absolute Gasteiger partial charge is 0.244 e. The minimum absolute atomic E-state index is 0.0677. The second-order valence-corrected chi connectivity index (χ2v) is 13.9. The fourth-order valence-electron chi connectivity index (χ4n) is 5.79. The first-order valence-electron chi connectivity index (χ1n) is 17.9. The standard InChI is InChI=1S/C19H25N3O3.C9H10.C9H12.C5H11NO/c1-14(19(20)24)10-16(23)12-21-6-8-22(9-7-21)13-17-11-15-4-2-3-5-18(15)25-17;1-2-5-9-7-3-6-8(9)4-1;1-2-9-7-5-3-4-6-8-9;1-5(2,3)6-4-7/h2-5,11,16,23H,1,6-10,12-13H2,(H2,20,24);1-2,4-5H,3,6-7H2;3-5,7-8H,2,6H2,1H3;4H,1-3H3,(H,6,7)/t16-;;;/m0.../s1. The van der Waals surface area contributed by atoms with Crippen LogP contribution in [0.4, 0.5) is 0 Å². The molecule has 3 aliphatic rings. The number of carbonyl (C=O) groups is 2. The number of nitrogens with zero attached hydrogens (tertiary/aromatic N) is 2. The molecule has 8 nitrogen and oxygen atoms in total. The van der Waals surface area contributed by atoms with Gasteiger partial charge in [0.05, 0.1) is 12.6 Å². The summed E-state index contributed by atoms with van der Waals surface area (Å²) in [5.74, 6) is 0.433. The number of hydrogen-bond donors (Lipinski definition) is 3. The molecule has 3 aromatic rings. The Morgan fingerprint density at radius 3 is 2.24 bits per heavy atom. The van der Waals surface area contributed by atoms with Crippen LogP contribution < -0.4 is 11.1 Å². The molecule has 0 spiro atoms. The average Bonchev–Trinajstić information content (AvgIpc) is 3.64. The van der Waals surface area contributed by atoms with E-state index in [0.717, 1.165) is 62.3 Å². The Morgan fingerprint density at radius 2 is 1.66 bits per heavy atom. The van der Waals surface area contributed by atoms with Crippen molar-refractivity contribution in [1.82, 2.24) is 15.1 Å². The lowest BCUT2D eigenvalue weighted by Gasteiger charge is -2.35. The predicted molar refractivity (Wildman–Crippen MR) is 206 cm³/mol. The van der Waals surface area contributed by atoms with Crippen molar-refractivity contribution in [2.24, 2.45) is 5.73 Å². The van der Waals surface area contributed by atoms with Crippen molar-refractivity contribution in [3.63, 3.8) is 0 Å². The van der Waals surface area contributed by atoms with Gasteiger partial charge < -0.3 is 20.6 Å². The monoisotopic (exact) mass is 682 g/mol. The van der Waals surface area contributed by atoms with Gasteiger partial charge in [-0.1, -0.05) is 91.9 Å². The van der Waals surface area contributed by atoms with E-state index in [9.17, 15) is 14.7 Å². The van der Waals surface area contributed by atoms with Gasteiger partial charge in [0, 0.05) is 55.6 Å². The highest BCUT2D eigenvalue weighted by atomic mass is 16.3. The van der Waals surface area contributed by atoms with Gasteiger partial charge in [-0.05, 0) is 76.1 Å². The molecule has 1 saturated heterocycles. The van der Waals surface area contributed by atoms with Crippen LogP contribution in [0.5, 0.6) is 0 Å². The summed E-state index contributed by atoms with van der Waals surface area (Å²) in [5, 5.41) is 13.8. The number of primary amides is 1. The first kappa shape index (κ1) is 40.2. The number of aliphatic hydroxyl groups excluding tert-OH is 1. The number of carbonyl (C=O) groups excluding carboxylic acids is 2. The minimum atomic E-state index is -0.609. The predicted octanol–water partition coefficient (Wildman–Crippen LogP) is 6.89. The second-order valence-electron chi connectivity index (χ2n) is 13.9. The van der Waals surface area contributed by atoms with E-state index in [1.807, 2.05) is 39.0 Å². The maximum absolute atomic E-state index is 11.0. The topological polar surface area (TPSA) is 112 Å². The highest BCUT2D eigenvalue weighted by molar-refractivity contribution is 5.91. The van der Waals surface area contributed by atoms with Crippen LogP contribution in [0, 0.1) is 0 Å². The second kappa shape index (κ2) is 21.1. The van der Waals surface area contributed by atoms with Gasteiger partial charge >= 0.3 is 0 Å². The molecule has 2 heterocycles. The largest absolute Gasteiger partial charge is 0.460 e. The fourth-order valence-corrected chi connectivity index (χ4v) is 5.79. The highest BCUT2D eigenvalue weighted by Gasteiger charge is 2.21. The van der Waals surface area contributed by atoms with E-state index < -0.39 is 12.0 Å². The first-order valence-corrected chi connectivity index (χ1v) is 17.9. The summed E-state index contributed by atoms with van der Waals surface area (Å²) in [4.78, 5) is 25.3. The Labute approximate surface area is 299 Å². The lowest BCUT2D eigenvalue weighted by atomic mass is 10.1. The van der Waals surface area contributed by atoms with Crippen molar-refractivity contribution in [2.45, 2.75) is 84.4 Å². The molecule has 0 bridgehead atoms. The third-order valence-corrected chi connectivity index (χ3v) is 8.60. The Hall–Kier alpha value is -4.24. The quantitative estimate of drug-likeness (QED) is 0.168. The summed E-state index contributed by atoms with van der Waals surface area (Å²) in [5.41, 5.74) is 10.9. The number of amides is 2. The Morgan fingerprint density at radius 1 is 1.02 bits per heavy atom. The van der Waals surface area contributed by atoms with E-state index in [1.165, 1.54) is 24.8 Å². The molecule has 270 valence electrons. The number of piperazine rings is 1. The third-order valence-electron chi connectivity index (χ3n) is 8.60. The number of hydrogen-bond acceptors (Lipinski definition) is 6. The van der Waals surface area contributed by atoms with E-state index in [1.54, 1.807) is 11.1 Å². The minimum Gasteiger partial charge on any atom is -0.460 e. The number of nitrogens with two attached hydrogens (primary N) is 1. The maximum atomic E-state index is 11.0. The average molecular weight is 683 g/mol. The number of aliphatic hydroxyl groups is 1. The molecule has 1 aromatic heterocycles. The van der Waals surface area contributed by atoms with E-state index in [0.29, 0.717) is 13.0 Å². The first-order chi connectivity index (χ1) is 24.0. The normalized spacial score (nSPS) is 16.2. The molecular weight excluding hydrogens is 624 g/mol. The molecule has 1 aliphatic heterocycles. The molecular formula is C42H58N4O4. The summed E-state index contributed by atoms with van der Waals surface area (Å²) < 4.78 is 5.88. The van der Waals surface area contributed by atoms with E-state index >= 15 is 0 Å². The number of aryl methyl sites for hydroxylation is 2. The molecule has 6 rings (SSSR count). The molecule has 1 fully saturated rings. The molecule has 8 heteroatoms. The van der Waals surface area contributed by atoms with Gasteiger partial charge in [0.15, 0.2) is 0 Å². The van der Waals surface area contributed by atoms with Gasteiger partial charge in [-0.25, -0.2) is 0 Å². The Kier molecular flexibility index (Phi) is 16.9. The van der Waals surface area contributed by atoms with Crippen molar-refractivity contribution in [3.8, 4) is 0 Å². The number of furan rings is 1. The SMILES string of the molecule is C=C(C[C@H](O)CN1CCN(Cc2cc3ccccc3o2)CC1)C(N)=O.CC(C)(C)NC=O.CCC1=CCC=CC=C1.c1ccc2c(c1)CCC2. The number of nitrogens with one attached hydrogen (secondary N) is 1. The molecule has 50 heavy (non-hydrogen) atoms. The molecule has 0 saturated carbocycles. The summed E-state index contributed by atoms with van der Waals surface area (Å²) in [6.07, 6.45) is 17.3. The molecule has 4 N–H and O–H groups in total. The van der Waals surface area contributed by atoms with E-state index in [4.69, 9.17) is 10.2 Å². The number of fused-ring (bicyclic) bond motifs is 2. The number of allylic oxidation sites excluding steroid dienone is 6. The van der Waals surface area contributed by atoms with Crippen molar-refractivity contribution < 1.29 is 19.1 Å². The third kappa shape index (κ3) is 15.1. The molecule has 0 unspecified atom stereocenters. The van der Waals surface area contributed by atoms with Crippen molar-refractivity contribution in [2.75, 3.05) is 32.7 Å². The van der Waals surface area contributed by atoms with Gasteiger partial charge in [0.25, 0.3) is 0 Å². The molecule has 0 radical (unpaired) electrons. The van der Waals surface area contributed by atoms with E-state index in [-0.39, 0.29) is 17.5 Å². The molecule has 1 atom stereocenters. The van der Waals surface area contributed by atoms with Crippen LogP contribution in [-0.2, 0) is 29.0 Å². The lowest BCUT2D eigenvalue weighted by Crippen LogP contribution is -2.48. The number of rotatable bonds is 9. The van der Waals surface area contributed by atoms with Crippen LogP contribution >= 0.6 is 0 Å². The number of benzene rings is 2. The summed E-state index contributed by atoms with van der Waals surface area (Å²) >= 11 is 0. The van der Waals surface area contributed by atoms with Crippen LogP contribution in [0.2, 0.25) is 0 Å². The zero-order chi connectivity index (χ0) is 36.4. The zero-order valence-electron chi connectivity index (χ0n) is 30.6. The highest BCUT2D eigenvalue weighted by Crippen LogP contribution is 2.21. The summed E-state index contributed by atoms with van der Waals surface area (Å²) in [7, 11) is 0. The van der Waals surface area contributed by atoms with Crippen molar-refractivity contribution >= 4 is 23.3 Å². The lowest BCUT2D eigenvalue weighted by molar-refractivity contribution is -0.115. The van der Waals surface area contributed by atoms with Crippen molar-refractivity contribution in [3.05, 3.63) is 120 Å². The molecule has 2 aromatic carbocycles. The number of β-amino-alcohol motifs (C(OH)–C–C–N with tert-alkyl or cyclic N) is 1. The van der Waals surface area contributed by atoms with Gasteiger partial charge in [-0.15, -0.1) is 0 Å². The van der Waals surface area contributed by atoms with Gasteiger partial charge in [-0.3, -0.25) is 19.4 Å². The number of para-hydroxylation sites is 1. The van der Waals surface area contributed by atoms with Crippen LogP contribution in [0.25, 0.3) is 11.0 Å². The molecule has 2 aliphatic carbocycles. The summed E-state index contributed by atoms with van der Waals surface area (Å²) in [6, 6.07) is 18.9. The maximum Gasteiger partial charge on any atom is 0.244 e. The van der Waals surface area contributed by atoms with Crippen LogP contribution in [-0.4, -0.2) is 71.6 Å². The van der Waals surface area contributed by atoms with Crippen LogP contribution in [0.15, 0.2) is 107 Å². The molecule has 2 amide bonds.